The molecular weight excluding hydrogens is 829 g/mol. The second-order valence-electron chi connectivity index (χ2n) is 20.6. The van der Waals surface area contributed by atoms with Gasteiger partial charge >= 0.3 is 35.8 Å². The van der Waals surface area contributed by atoms with Crippen molar-refractivity contribution in [1.29, 1.82) is 0 Å². The van der Waals surface area contributed by atoms with Crippen LogP contribution in [0.25, 0.3) is 0 Å². The molecular formula is C53H98O12. The molecule has 6 saturated carbocycles. The van der Waals surface area contributed by atoms with E-state index in [4.69, 9.17) is 18.9 Å². The van der Waals surface area contributed by atoms with Crippen molar-refractivity contribution < 1.29 is 57.2 Å². The largest absolute Gasteiger partial charge is 0.469 e. The summed E-state index contributed by atoms with van der Waals surface area (Å²) in [5, 5.41) is 0. The maximum atomic E-state index is 11.8. The van der Waals surface area contributed by atoms with Crippen molar-refractivity contribution >= 4 is 35.8 Å². The molecule has 12 heteroatoms. The zero-order valence-corrected chi connectivity index (χ0v) is 37.8. The molecule has 6 bridgehead atoms. The molecule has 0 N–H and O–H groups in total. The van der Waals surface area contributed by atoms with E-state index in [1.807, 2.05) is 62.3 Å². The van der Waals surface area contributed by atoms with Crippen LogP contribution in [0.2, 0.25) is 0 Å². The smallest absolute Gasteiger partial charge is 0.311 e. The normalized spacial score (nSPS) is 32.7. The van der Waals surface area contributed by atoms with Crippen LogP contribution < -0.4 is 0 Å². The zero-order chi connectivity index (χ0) is 43.6. The van der Waals surface area contributed by atoms with Crippen molar-refractivity contribution in [2.75, 3.05) is 34.0 Å². The highest BCUT2D eigenvalue weighted by Crippen LogP contribution is 2.71. The van der Waals surface area contributed by atoms with E-state index in [1.54, 1.807) is 0 Å². The number of esters is 6. The average Bonchev–Trinajstić information content (AvgIpc) is 4.08. The van der Waals surface area contributed by atoms with Crippen LogP contribution in [-0.4, -0.2) is 76.0 Å². The molecule has 0 amide bonds. The number of hydrogen-bond donors (Lipinski definition) is 0. The number of rotatable bonds is 7. The number of cyclic esters (lactones) is 3. The van der Waals surface area contributed by atoms with Crippen LogP contribution in [0.1, 0.15) is 178 Å². The lowest BCUT2D eigenvalue weighted by Gasteiger charge is -2.38. The molecule has 0 aromatic rings. The molecule has 6 aliphatic carbocycles. The van der Waals surface area contributed by atoms with E-state index >= 15 is 0 Å². The van der Waals surface area contributed by atoms with Crippen LogP contribution in [-0.2, 0) is 57.2 Å². The fourth-order valence-corrected chi connectivity index (χ4v) is 11.7. The predicted octanol–water partition coefficient (Wildman–Crippen LogP) is 11.6. The van der Waals surface area contributed by atoms with Gasteiger partial charge in [0.25, 0.3) is 0 Å². The minimum Gasteiger partial charge on any atom is -0.469 e. The standard InChI is InChI=1S/C14H18O2.C10H16O4.C9H12O2.2C7H14O2.6CH4/c15-14-13-9-4-8(10(13)5-16-14)11-6-1-2-7(3-6)12(9)11;1-4-10(2,3)9(12)14-7-5-8(11)13-6-7;10-9-8-6-2-1-5(3-6)7(8)4-11-9;2*1-5-7(2,3)6(8)9-4;;;;;;/h6-13H,1-5H2;7H,4-6H2,1-3H3;5-8H,1-4H2;2*5H2,1-4H3;6*1H4. The van der Waals surface area contributed by atoms with E-state index in [0.29, 0.717) is 36.0 Å². The quantitative estimate of drug-likeness (QED) is 0.135. The van der Waals surface area contributed by atoms with Gasteiger partial charge in [0.15, 0.2) is 0 Å². The summed E-state index contributed by atoms with van der Waals surface area (Å²) in [6, 6.07) is 0. The van der Waals surface area contributed by atoms with E-state index in [9.17, 15) is 28.8 Å². The SMILES string of the molecule is C.C.C.C.C.C.CCC(C)(C)C(=O)OC.CCC(C)(C)C(=O)OC.CCC(C)(C)C(=O)OC1COC(=O)C1.O=C1OCC2C3CC(C12)C1C2CCC(C2)C31.O=C1OCC2C3CCC(C3)C12. The van der Waals surface area contributed by atoms with Gasteiger partial charge in [0.1, 0.15) is 12.7 Å². The third-order valence-electron chi connectivity index (χ3n) is 16.3. The van der Waals surface area contributed by atoms with Crippen LogP contribution in [0.4, 0.5) is 0 Å². The number of hydrogen-bond acceptors (Lipinski definition) is 12. The van der Waals surface area contributed by atoms with E-state index in [-0.39, 0.29) is 110 Å². The Morgan fingerprint density at radius 2 is 0.923 bits per heavy atom. The molecule has 0 spiro atoms. The predicted molar refractivity (Wildman–Crippen MR) is 258 cm³/mol. The van der Waals surface area contributed by atoms with Gasteiger partial charge in [0, 0.05) is 11.8 Å². The average molecular weight is 927 g/mol. The van der Waals surface area contributed by atoms with Gasteiger partial charge in [-0.05, 0) is 153 Å². The third-order valence-corrected chi connectivity index (χ3v) is 16.3. The third kappa shape index (κ3) is 13.5. The number of methoxy groups -OCH3 is 2. The monoisotopic (exact) mass is 927 g/mol. The summed E-state index contributed by atoms with van der Waals surface area (Å²) in [4.78, 5) is 67.0. The minimum absolute atomic E-state index is 0. The van der Waals surface area contributed by atoms with E-state index in [0.717, 1.165) is 67.5 Å². The van der Waals surface area contributed by atoms with Crippen molar-refractivity contribution in [3.8, 4) is 0 Å². The Balaban J connectivity index is 0. The zero-order valence-electron chi connectivity index (χ0n) is 37.8. The molecule has 3 heterocycles. The summed E-state index contributed by atoms with van der Waals surface area (Å²) >= 11 is 0. The second-order valence-corrected chi connectivity index (χ2v) is 20.6. The Morgan fingerprint density at radius 1 is 0.508 bits per heavy atom. The molecule has 3 saturated heterocycles. The van der Waals surface area contributed by atoms with Gasteiger partial charge < -0.3 is 28.4 Å². The Hall–Kier alpha value is -3.18. The van der Waals surface area contributed by atoms with Gasteiger partial charge in [-0.2, -0.15) is 0 Å². The highest BCUT2D eigenvalue weighted by Gasteiger charge is 2.68. The number of ether oxygens (including phenoxy) is 6. The molecule has 65 heavy (non-hydrogen) atoms. The molecule has 9 aliphatic rings. The maximum Gasteiger partial charge on any atom is 0.311 e. The van der Waals surface area contributed by atoms with Crippen LogP contribution in [0.5, 0.6) is 0 Å². The molecule has 0 radical (unpaired) electrons. The van der Waals surface area contributed by atoms with Crippen molar-refractivity contribution in [3.05, 3.63) is 0 Å². The molecule has 0 aromatic carbocycles. The van der Waals surface area contributed by atoms with Gasteiger partial charge in [0.05, 0.1) is 61.9 Å². The summed E-state index contributed by atoms with van der Waals surface area (Å²) < 4.78 is 29.4. The second kappa shape index (κ2) is 25.8. The van der Waals surface area contributed by atoms with Gasteiger partial charge in [-0.15, -0.1) is 0 Å². The number of carbonyl (C=O) groups excluding carboxylic acids is 6. The first kappa shape index (κ1) is 63.9. The topological polar surface area (TPSA) is 158 Å². The van der Waals surface area contributed by atoms with Crippen LogP contribution >= 0.6 is 0 Å². The Labute approximate surface area is 396 Å². The molecule has 3 aliphatic heterocycles. The molecule has 382 valence electrons. The van der Waals surface area contributed by atoms with E-state index in [1.165, 1.54) is 59.2 Å². The molecule has 9 fully saturated rings. The van der Waals surface area contributed by atoms with Crippen molar-refractivity contribution in [2.45, 2.75) is 184 Å². The number of carbonyl (C=O) groups is 6. The van der Waals surface area contributed by atoms with Crippen molar-refractivity contribution in [3.63, 3.8) is 0 Å². The van der Waals surface area contributed by atoms with Crippen molar-refractivity contribution in [2.24, 2.45) is 87.3 Å². The van der Waals surface area contributed by atoms with E-state index in [2.05, 4.69) is 9.47 Å². The van der Waals surface area contributed by atoms with Gasteiger partial charge in [0.2, 0.25) is 0 Å². The Kier molecular flexibility index (Phi) is 25.4. The molecule has 13 unspecified atom stereocenters. The molecule has 12 nitrogen and oxygen atoms in total. The first-order valence-corrected chi connectivity index (χ1v) is 22.6. The van der Waals surface area contributed by atoms with Gasteiger partial charge in [-0.1, -0.05) is 65.3 Å². The lowest BCUT2D eigenvalue weighted by atomic mass is 9.64. The van der Waals surface area contributed by atoms with Crippen LogP contribution in [0, 0.1) is 87.3 Å². The fourth-order valence-electron chi connectivity index (χ4n) is 11.7. The number of fused-ring (bicyclic) bond motifs is 17. The first-order valence-electron chi connectivity index (χ1n) is 22.6. The summed E-state index contributed by atoms with van der Waals surface area (Å²) in [6.45, 7) is 18.7. The highest BCUT2D eigenvalue weighted by atomic mass is 16.6. The Bertz CT molecular complexity index is 1520. The lowest BCUT2D eigenvalue weighted by molar-refractivity contribution is -0.159. The summed E-state index contributed by atoms with van der Waals surface area (Å²) in [6.07, 6.45) is 11.9. The van der Waals surface area contributed by atoms with Crippen LogP contribution in [0.15, 0.2) is 0 Å². The summed E-state index contributed by atoms with van der Waals surface area (Å²) in [7, 11) is 2.83. The fraction of sp³-hybridized carbons (Fsp3) is 0.887. The lowest BCUT2D eigenvalue weighted by Crippen LogP contribution is -2.38. The summed E-state index contributed by atoms with van der Waals surface area (Å²) in [5.74, 6) is 8.36. The highest BCUT2D eigenvalue weighted by molar-refractivity contribution is 5.78. The summed E-state index contributed by atoms with van der Waals surface area (Å²) in [5.41, 5.74) is -1.10. The van der Waals surface area contributed by atoms with Gasteiger partial charge in [-0.25, -0.2) is 0 Å². The van der Waals surface area contributed by atoms with Gasteiger partial charge in [-0.3, -0.25) is 28.8 Å². The van der Waals surface area contributed by atoms with E-state index < -0.39 is 5.41 Å². The van der Waals surface area contributed by atoms with Crippen LogP contribution in [0.3, 0.4) is 0 Å². The van der Waals surface area contributed by atoms with Crippen molar-refractivity contribution in [1.82, 2.24) is 0 Å². The Morgan fingerprint density at radius 3 is 1.35 bits per heavy atom. The maximum absolute atomic E-state index is 11.8. The molecule has 0 aromatic heterocycles. The molecule has 9 rings (SSSR count). The minimum atomic E-state index is -0.481. The first-order chi connectivity index (χ1) is 27.7. The molecule has 13 atom stereocenters.